The molecular formula is C21H24BN3O2. The first-order chi connectivity index (χ1) is 12.9. The molecule has 0 aliphatic carbocycles. The molecule has 27 heavy (non-hydrogen) atoms. The fourth-order valence-electron chi connectivity index (χ4n) is 3.26. The second-order valence-corrected chi connectivity index (χ2v) is 7.94. The Kier molecular flexibility index (Phi) is 4.40. The zero-order chi connectivity index (χ0) is 19.1. The predicted molar refractivity (Wildman–Crippen MR) is 106 cm³/mol. The van der Waals surface area contributed by atoms with Crippen LogP contribution in [0.2, 0.25) is 0 Å². The van der Waals surface area contributed by atoms with Crippen molar-refractivity contribution in [2.24, 2.45) is 0 Å². The van der Waals surface area contributed by atoms with E-state index in [0.29, 0.717) is 5.59 Å². The molecular weight excluding hydrogens is 337 g/mol. The molecule has 0 spiro atoms. The average molecular weight is 361 g/mol. The molecule has 6 heteroatoms. The zero-order valence-electron chi connectivity index (χ0n) is 16.2. The third-order valence-corrected chi connectivity index (χ3v) is 5.52. The Hall–Kier alpha value is -2.44. The van der Waals surface area contributed by atoms with E-state index in [2.05, 4.69) is 34.6 Å². The van der Waals surface area contributed by atoms with Crippen LogP contribution in [0.5, 0.6) is 0 Å². The summed E-state index contributed by atoms with van der Waals surface area (Å²) in [6, 6.07) is 20.5. The Bertz CT molecular complexity index is 854. The summed E-state index contributed by atoms with van der Waals surface area (Å²) in [5.74, 6) is 0. The van der Waals surface area contributed by atoms with E-state index in [4.69, 9.17) is 9.31 Å². The molecule has 1 fully saturated rings. The second-order valence-electron chi connectivity index (χ2n) is 7.94. The Labute approximate surface area is 160 Å². The van der Waals surface area contributed by atoms with Crippen LogP contribution < -0.4 is 5.59 Å². The lowest BCUT2D eigenvalue weighted by atomic mass is 9.85. The van der Waals surface area contributed by atoms with Crippen molar-refractivity contribution >= 4 is 12.7 Å². The Balaban J connectivity index is 1.70. The normalized spacial score (nSPS) is 18.2. The molecule has 0 saturated carbocycles. The molecule has 1 aromatic heterocycles. The maximum Gasteiger partial charge on any atom is 0.518 e. The lowest BCUT2D eigenvalue weighted by Crippen LogP contribution is -2.41. The molecule has 0 unspecified atom stereocenters. The Morgan fingerprint density at radius 3 is 1.78 bits per heavy atom. The molecule has 1 aliphatic rings. The van der Waals surface area contributed by atoms with Crippen LogP contribution in [0.15, 0.2) is 66.9 Å². The molecule has 2 aromatic carbocycles. The smallest absolute Gasteiger partial charge is 0.398 e. The fraction of sp³-hybridized carbons (Fsp3) is 0.333. The summed E-state index contributed by atoms with van der Waals surface area (Å²) in [4.78, 5) is 0. The SMILES string of the molecule is CC1(C)OB(c2cn(C(c3ccccc3)c3ccccc3)nn2)OC1(C)C. The van der Waals surface area contributed by atoms with Crippen molar-refractivity contribution in [1.82, 2.24) is 15.0 Å². The molecule has 3 aromatic rings. The van der Waals surface area contributed by atoms with E-state index in [1.54, 1.807) is 0 Å². The van der Waals surface area contributed by atoms with Crippen molar-refractivity contribution in [1.29, 1.82) is 0 Å². The van der Waals surface area contributed by atoms with Crippen LogP contribution >= 0.6 is 0 Å². The van der Waals surface area contributed by atoms with E-state index in [9.17, 15) is 0 Å². The van der Waals surface area contributed by atoms with Gasteiger partial charge < -0.3 is 9.31 Å². The van der Waals surface area contributed by atoms with Gasteiger partial charge in [-0.3, -0.25) is 0 Å². The summed E-state index contributed by atoms with van der Waals surface area (Å²) in [6.07, 6.45) is 1.92. The molecule has 1 saturated heterocycles. The van der Waals surface area contributed by atoms with Crippen LogP contribution in [0.4, 0.5) is 0 Å². The highest BCUT2D eigenvalue weighted by atomic mass is 16.7. The van der Waals surface area contributed by atoms with Crippen LogP contribution in [0, 0.1) is 0 Å². The number of nitrogens with zero attached hydrogens (tertiary/aromatic N) is 3. The van der Waals surface area contributed by atoms with Gasteiger partial charge in [-0.05, 0) is 38.8 Å². The first-order valence-corrected chi connectivity index (χ1v) is 9.25. The minimum absolute atomic E-state index is 0.0592. The van der Waals surface area contributed by atoms with Crippen molar-refractivity contribution in [2.45, 2.75) is 44.9 Å². The van der Waals surface area contributed by atoms with Gasteiger partial charge in [-0.15, -0.1) is 5.10 Å². The second kappa shape index (κ2) is 6.62. The topological polar surface area (TPSA) is 49.2 Å². The highest BCUT2D eigenvalue weighted by Crippen LogP contribution is 2.36. The summed E-state index contributed by atoms with van der Waals surface area (Å²) in [5, 5.41) is 8.78. The molecule has 138 valence electrons. The van der Waals surface area contributed by atoms with Crippen LogP contribution in [-0.4, -0.2) is 33.3 Å². The molecule has 0 atom stereocenters. The number of benzene rings is 2. The van der Waals surface area contributed by atoms with Crippen molar-refractivity contribution in [3.63, 3.8) is 0 Å². The van der Waals surface area contributed by atoms with E-state index in [1.807, 2.05) is 75.0 Å². The summed E-state index contributed by atoms with van der Waals surface area (Å²) in [7, 11) is -0.518. The van der Waals surface area contributed by atoms with Crippen molar-refractivity contribution in [3.8, 4) is 0 Å². The Morgan fingerprint density at radius 1 is 0.815 bits per heavy atom. The average Bonchev–Trinajstić information content (AvgIpc) is 3.20. The zero-order valence-corrected chi connectivity index (χ0v) is 16.2. The van der Waals surface area contributed by atoms with Gasteiger partial charge in [0.2, 0.25) is 0 Å². The number of rotatable bonds is 4. The van der Waals surface area contributed by atoms with Gasteiger partial charge in [-0.2, -0.15) is 0 Å². The quantitative estimate of drug-likeness (QED) is 0.670. The predicted octanol–water partition coefficient (Wildman–Crippen LogP) is 3.22. The summed E-state index contributed by atoms with van der Waals surface area (Å²) in [5.41, 5.74) is 2.17. The van der Waals surface area contributed by atoms with Crippen LogP contribution in [-0.2, 0) is 9.31 Å². The monoisotopic (exact) mass is 361 g/mol. The molecule has 5 nitrogen and oxygen atoms in total. The highest BCUT2D eigenvalue weighted by Gasteiger charge is 2.52. The lowest BCUT2D eigenvalue weighted by molar-refractivity contribution is 0.00578. The molecule has 2 heterocycles. The van der Waals surface area contributed by atoms with Gasteiger partial charge in [0.15, 0.2) is 0 Å². The van der Waals surface area contributed by atoms with Crippen molar-refractivity contribution in [3.05, 3.63) is 78.0 Å². The first-order valence-electron chi connectivity index (χ1n) is 9.25. The van der Waals surface area contributed by atoms with Gasteiger partial charge >= 0.3 is 7.12 Å². The lowest BCUT2D eigenvalue weighted by Gasteiger charge is -2.32. The van der Waals surface area contributed by atoms with E-state index < -0.39 is 18.3 Å². The number of aromatic nitrogens is 3. The van der Waals surface area contributed by atoms with Gasteiger partial charge in [0.05, 0.1) is 11.2 Å². The largest absolute Gasteiger partial charge is 0.518 e. The highest BCUT2D eigenvalue weighted by molar-refractivity contribution is 6.61. The third kappa shape index (κ3) is 3.31. The summed E-state index contributed by atoms with van der Waals surface area (Å²) < 4.78 is 14.1. The minimum Gasteiger partial charge on any atom is -0.398 e. The van der Waals surface area contributed by atoms with Crippen LogP contribution in [0.3, 0.4) is 0 Å². The minimum atomic E-state index is -0.518. The first kappa shape index (κ1) is 18.0. The number of hydrogen-bond donors (Lipinski definition) is 0. The third-order valence-electron chi connectivity index (χ3n) is 5.52. The van der Waals surface area contributed by atoms with Crippen molar-refractivity contribution in [2.75, 3.05) is 0 Å². The van der Waals surface area contributed by atoms with E-state index in [1.165, 1.54) is 0 Å². The van der Waals surface area contributed by atoms with E-state index in [-0.39, 0.29) is 6.04 Å². The van der Waals surface area contributed by atoms with Crippen LogP contribution in [0.25, 0.3) is 0 Å². The van der Waals surface area contributed by atoms with Gasteiger partial charge in [0.1, 0.15) is 11.6 Å². The van der Waals surface area contributed by atoms with Gasteiger partial charge in [-0.1, -0.05) is 65.9 Å². The molecule has 1 aliphatic heterocycles. The molecule has 4 rings (SSSR count). The van der Waals surface area contributed by atoms with E-state index in [0.717, 1.165) is 11.1 Å². The molecule has 0 bridgehead atoms. The summed E-state index contributed by atoms with van der Waals surface area (Å²) in [6.45, 7) is 8.14. The maximum absolute atomic E-state index is 6.12. The molecule has 0 N–H and O–H groups in total. The number of hydrogen-bond acceptors (Lipinski definition) is 4. The van der Waals surface area contributed by atoms with E-state index >= 15 is 0 Å². The molecule has 0 radical (unpaired) electrons. The van der Waals surface area contributed by atoms with Gasteiger partial charge in [-0.25, -0.2) is 4.68 Å². The van der Waals surface area contributed by atoms with Crippen molar-refractivity contribution < 1.29 is 9.31 Å². The fourth-order valence-corrected chi connectivity index (χ4v) is 3.26. The standard InChI is InChI=1S/C21H24BN3O2/c1-20(2)21(3,4)27-22(26-20)18-15-25(24-23-18)19(16-11-7-5-8-12-16)17-13-9-6-10-14-17/h5-15,19H,1-4H3. The van der Waals surface area contributed by atoms with Crippen LogP contribution in [0.1, 0.15) is 44.9 Å². The Morgan fingerprint density at radius 2 is 1.30 bits per heavy atom. The summed E-state index contributed by atoms with van der Waals surface area (Å²) >= 11 is 0. The van der Waals surface area contributed by atoms with Gasteiger partial charge in [0.25, 0.3) is 0 Å². The molecule has 0 amide bonds. The maximum atomic E-state index is 6.12. The van der Waals surface area contributed by atoms with Gasteiger partial charge in [0, 0.05) is 6.20 Å².